The Kier molecular flexibility index (Phi) is 6.96. The predicted molar refractivity (Wildman–Crippen MR) is 126 cm³/mol. The van der Waals surface area contributed by atoms with Crippen molar-refractivity contribution in [1.82, 2.24) is 19.5 Å². The summed E-state index contributed by atoms with van der Waals surface area (Å²) in [6.45, 7) is 0.611. The summed E-state index contributed by atoms with van der Waals surface area (Å²) in [4.78, 5) is 22.7. The average molecular weight is 612 g/mol. The van der Waals surface area contributed by atoms with E-state index < -0.39 is 17.3 Å². The number of ether oxygens (including phenoxy) is 2. The van der Waals surface area contributed by atoms with Crippen molar-refractivity contribution in [3.05, 3.63) is 62.7 Å². The second kappa shape index (κ2) is 9.59. The van der Waals surface area contributed by atoms with Gasteiger partial charge in [0.2, 0.25) is 5.88 Å². The molecule has 0 aliphatic carbocycles. The Morgan fingerprint density at radius 3 is 2.70 bits per heavy atom. The molecule has 174 valence electrons. The highest BCUT2D eigenvalue weighted by molar-refractivity contribution is 14.2. The summed E-state index contributed by atoms with van der Waals surface area (Å²) in [5.41, 5.74) is 0.170. The highest BCUT2D eigenvalue weighted by Gasteiger charge is 2.35. The zero-order valence-electron chi connectivity index (χ0n) is 16.9. The van der Waals surface area contributed by atoms with Gasteiger partial charge >= 0.3 is 12.2 Å². The first-order valence-electron chi connectivity index (χ1n) is 9.40. The summed E-state index contributed by atoms with van der Waals surface area (Å²) < 4.78 is 52.3. The maximum atomic E-state index is 13.4. The van der Waals surface area contributed by atoms with E-state index in [0.717, 1.165) is 6.07 Å². The summed E-state index contributed by atoms with van der Waals surface area (Å²) in [6, 6.07) is 4.85. The number of anilines is 1. The first-order chi connectivity index (χ1) is 15.7. The van der Waals surface area contributed by atoms with E-state index in [1.165, 1.54) is 36.0 Å². The molecule has 0 bridgehead atoms. The number of para-hydroxylation sites is 1. The van der Waals surface area contributed by atoms with E-state index in [-0.39, 0.29) is 35.6 Å². The smallest absolute Gasteiger partial charge is 0.419 e. The summed E-state index contributed by atoms with van der Waals surface area (Å²) in [5.74, 6) is -0.384. The van der Waals surface area contributed by atoms with Crippen LogP contribution >= 0.6 is 40.0 Å². The summed E-state index contributed by atoms with van der Waals surface area (Å²) in [7, 11) is 1.35. The van der Waals surface area contributed by atoms with Crippen LogP contribution in [0.15, 0.2) is 35.3 Å². The van der Waals surface area contributed by atoms with E-state index in [9.17, 15) is 18.0 Å². The predicted octanol–water partition coefficient (Wildman–Crippen LogP) is 4.86. The van der Waals surface area contributed by atoms with Crippen LogP contribution in [0.5, 0.6) is 17.6 Å². The van der Waals surface area contributed by atoms with Gasteiger partial charge in [-0.25, -0.2) is 4.45 Å². The highest BCUT2D eigenvalue weighted by Crippen LogP contribution is 2.40. The molecule has 1 unspecified atom stereocenters. The van der Waals surface area contributed by atoms with E-state index in [4.69, 9.17) is 21.1 Å². The number of fused-ring (bicyclic) bond motifs is 1. The molecule has 14 heteroatoms. The van der Waals surface area contributed by atoms with Gasteiger partial charge in [-0.15, -0.1) is 0 Å². The highest BCUT2D eigenvalue weighted by atomic mass is 127. The van der Waals surface area contributed by atoms with Crippen molar-refractivity contribution < 1.29 is 22.6 Å². The Balaban J connectivity index is 1.71. The standard InChI is InChI=1S/C19H15ClF3IN5O3P/c1-31-18-26-12-9-28(13-8-25-29(33-24)17(30)15(13)20)7-6-10(12)16(27-18)32-14-5-3-2-4-11(14)19(21,22)23/h2-5,8,33H,6-7,9H2,1H3. The molecular weight excluding hydrogens is 597 g/mol. The van der Waals surface area contributed by atoms with Crippen molar-refractivity contribution in [2.75, 3.05) is 18.6 Å². The topological polar surface area (TPSA) is 82.4 Å². The molecule has 3 heterocycles. The molecule has 3 aromatic rings. The Labute approximate surface area is 205 Å². The molecule has 0 fully saturated rings. The zero-order chi connectivity index (χ0) is 23.8. The zero-order valence-corrected chi connectivity index (χ0v) is 20.8. The van der Waals surface area contributed by atoms with E-state index >= 15 is 0 Å². The number of benzene rings is 1. The van der Waals surface area contributed by atoms with Gasteiger partial charge in [-0.2, -0.15) is 28.2 Å². The molecule has 1 aliphatic rings. The van der Waals surface area contributed by atoms with Gasteiger partial charge in [-0.1, -0.05) is 23.7 Å². The Bertz CT molecular complexity index is 1260. The SMILES string of the molecule is COc1nc2c(c(Oc3ccccc3C(F)(F)F)n1)CCN(c1cnn(PI)c(=O)c1Cl)C2. The lowest BCUT2D eigenvalue weighted by Crippen LogP contribution is -2.33. The van der Waals surface area contributed by atoms with E-state index in [1.807, 2.05) is 26.9 Å². The quantitative estimate of drug-likeness (QED) is 0.301. The van der Waals surface area contributed by atoms with Crippen molar-refractivity contribution in [3.8, 4) is 17.6 Å². The van der Waals surface area contributed by atoms with Gasteiger partial charge in [0.15, 0.2) is 0 Å². The third kappa shape index (κ3) is 4.87. The Morgan fingerprint density at radius 2 is 2.00 bits per heavy atom. The van der Waals surface area contributed by atoms with Crippen LogP contribution in [0, 0.1) is 0 Å². The number of alkyl halides is 3. The van der Waals surface area contributed by atoms with Gasteiger partial charge in [-0.3, -0.25) is 4.79 Å². The summed E-state index contributed by atoms with van der Waals surface area (Å²) in [6.07, 6.45) is -2.63. The molecule has 8 nitrogen and oxygen atoms in total. The van der Waals surface area contributed by atoms with Gasteiger partial charge in [0, 0.05) is 12.1 Å². The lowest BCUT2D eigenvalue weighted by atomic mass is 10.1. The molecule has 0 N–H and O–H groups in total. The lowest BCUT2D eigenvalue weighted by Gasteiger charge is -2.31. The van der Waals surface area contributed by atoms with Crippen molar-refractivity contribution in [1.29, 1.82) is 0 Å². The van der Waals surface area contributed by atoms with Crippen LogP contribution in [0.4, 0.5) is 18.9 Å². The van der Waals surface area contributed by atoms with Gasteiger partial charge in [-0.05, 0) is 40.6 Å². The summed E-state index contributed by atoms with van der Waals surface area (Å²) in [5, 5.41) is 4.16. The molecule has 0 amide bonds. The second-order valence-electron chi connectivity index (χ2n) is 6.85. The third-order valence-corrected chi connectivity index (χ3v) is 7.11. The first kappa shape index (κ1) is 24.0. The molecule has 33 heavy (non-hydrogen) atoms. The third-order valence-electron chi connectivity index (χ3n) is 4.91. The van der Waals surface area contributed by atoms with Gasteiger partial charge < -0.3 is 14.4 Å². The molecule has 0 spiro atoms. The largest absolute Gasteiger partial charge is 0.467 e. The van der Waals surface area contributed by atoms with E-state index in [1.54, 1.807) is 0 Å². The van der Waals surface area contributed by atoms with Crippen LogP contribution in [-0.4, -0.2) is 33.2 Å². The van der Waals surface area contributed by atoms with Crippen molar-refractivity contribution >= 4 is 45.7 Å². The van der Waals surface area contributed by atoms with Crippen molar-refractivity contribution in [3.63, 3.8) is 0 Å². The van der Waals surface area contributed by atoms with Crippen LogP contribution in [0.25, 0.3) is 0 Å². The molecular formula is C19H15ClF3IN5O3P. The molecule has 2 aromatic heterocycles. The van der Waals surface area contributed by atoms with Crippen LogP contribution < -0.4 is 19.9 Å². The minimum Gasteiger partial charge on any atom is -0.467 e. The summed E-state index contributed by atoms with van der Waals surface area (Å²) >= 11 is 8.32. The first-order valence-corrected chi connectivity index (χ1v) is 13.8. The normalized spacial score (nSPS) is 13.9. The van der Waals surface area contributed by atoms with Gasteiger partial charge in [0.25, 0.3) is 5.56 Å². The van der Waals surface area contributed by atoms with Crippen LogP contribution in [0.2, 0.25) is 5.02 Å². The van der Waals surface area contributed by atoms with Crippen LogP contribution in [0.1, 0.15) is 16.8 Å². The number of hydrogen-bond acceptors (Lipinski definition) is 7. The number of nitrogens with zero attached hydrogens (tertiary/aromatic N) is 5. The maximum absolute atomic E-state index is 13.4. The Morgan fingerprint density at radius 1 is 1.24 bits per heavy atom. The number of hydrogen-bond donors (Lipinski definition) is 0. The fraction of sp³-hybridized carbons (Fsp3) is 0.263. The number of methoxy groups -OCH3 is 1. The maximum Gasteiger partial charge on any atom is 0.419 e. The molecule has 4 rings (SSSR count). The fourth-order valence-corrected chi connectivity index (χ4v) is 4.99. The van der Waals surface area contributed by atoms with Crippen LogP contribution in [0.3, 0.4) is 0 Å². The van der Waals surface area contributed by atoms with E-state index in [2.05, 4.69) is 15.1 Å². The molecule has 1 aliphatic heterocycles. The molecule has 1 aromatic carbocycles. The average Bonchev–Trinajstić information content (AvgIpc) is 2.80. The minimum absolute atomic E-state index is 0.0149. The fourth-order valence-electron chi connectivity index (χ4n) is 3.35. The van der Waals surface area contributed by atoms with E-state index in [0.29, 0.717) is 29.9 Å². The van der Waals surface area contributed by atoms with Gasteiger partial charge in [0.05, 0.1) is 43.2 Å². The van der Waals surface area contributed by atoms with Crippen molar-refractivity contribution in [2.45, 2.75) is 19.1 Å². The van der Waals surface area contributed by atoms with Crippen LogP contribution in [-0.2, 0) is 19.1 Å². The Hall–Kier alpha value is -2.18. The molecule has 1 atom stereocenters. The number of aromatic nitrogens is 4. The van der Waals surface area contributed by atoms with Gasteiger partial charge in [0.1, 0.15) is 10.8 Å². The molecule has 0 saturated heterocycles. The minimum atomic E-state index is -4.59. The monoisotopic (exact) mass is 611 g/mol. The molecule has 0 radical (unpaired) electrons. The number of rotatable bonds is 5. The van der Waals surface area contributed by atoms with Crippen molar-refractivity contribution in [2.24, 2.45) is 0 Å². The lowest BCUT2D eigenvalue weighted by molar-refractivity contribution is -0.138. The molecule has 0 saturated carbocycles. The second-order valence-corrected chi connectivity index (χ2v) is 9.27. The number of halogens is 5.